The number of hydrogen-bond acceptors (Lipinski definition) is 6. The van der Waals surface area contributed by atoms with Crippen molar-refractivity contribution in [3.63, 3.8) is 0 Å². The molecule has 1 saturated heterocycles. The molecule has 11 atom stereocenters. The van der Waals surface area contributed by atoms with Crippen molar-refractivity contribution in [2.24, 2.45) is 63.6 Å². The van der Waals surface area contributed by atoms with Crippen LogP contribution in [-0.4, -0.2) is 70.7 Å². The van der Waals surface area contributed by atoms with E-state index in [4.69, 9.17) is 4.74 Å². The van der Waals surface area contributed by atoms with Gasteiger partial charge in [0.1, 0.15) is 12.4 Å². The number of nitrogens with one attached hydrogen (secondary N) is 1. The highest BCUT2D eigenvalue weighted by Crippen LogP contribution is 2.68. The van der Waals surface area contributed by atoms with Crippen LogP contribution in [0.25, 0.3) is 0 Å². The Labute approximate surface area is 275 Å². The number of rotatable bonds is 7. The molecule has 1 N–H and O–H groups in total. The molecule has 254 valence electrons. The van der Waals surface area contributed by atoms with E-state index in [1.807, 2.05) is 0 Å². The molecular formula is C38H62N2O4S. The number of ether oxygens (including phenoxy) is 1. The van der Waals surface area contributed by atoms with E-state index in [2.05, 4.69) is 44.8 Å². The summed E-state index contributed by atoms with van der Waals surface area (Å²) in [5.74, 6) is 6.35. The van der Waals surface area contributed by atoms with Gasteiger partial charge in [-0.25, -0.2) is 0 Å². The molecule has 0 aromatic carbocycles. The van der Waals surface area contributed by atoms with E-state index in [9.17, 15) is 13.8 Å². The lowest BCUT2D eigenvalue weighted by atomic mass is 9.40. The highest BCUT2D eigenvalue weighted by atomic mass is 32.2. The lowest BCUT2D eigenvalue weighted by Gasteiger charge is -2.65. The Hall–Kier alpha value is -0.790. The number of nitrogens with zero attached hydrogens (tertiary/aromatic N) is 1. The van der Waals surface area contributed by atoms with E-state index in [-0.39, 0.29) is 34.7 Å². The molecule has 45 heavy (non-hydrogen) atoms. The quantitative estimate of drug-likeness (QED) is 0.262. The maximum atomic E-state index is 13.4. The second kappa shape index (κ2) is 12.0. The van der Waals surface area contributed by atoms with Crippen LogP contribution in [0, 0.1) is 63.6 Å². The summed E-state index contributed by atoms with van der Waals surface area (Å²) >= 11 is 0. The Bertz CT molecular complexity index is 1160. The number of carbonyl (C=O) groups is 2. The molecule has 6 saturated carbocycles. The Morgan fingerprint density at radius 1 is 0.867 bits per heavy atom. The fraction of sp³-hybridized carbons (Fsp3) is 0.947. The summed E-state index contributed by atoms with van der Waals surface area (Å²) in [6.45, 7) is 15.7. The van der Waals surface area contributed by atoms with Gasteiger partial charge < -0.3 is 19.7 Å². The lowest BCUT2D eigenvalue weighted by Crippen LogP contribution is -2.62. The van der Waals surface area contributed by atoms with Crippen LogP contribution in [0.1, 0.15) is 112 Å². The number of esters is 1. The number of aldehydes is 1. The van der Waals surface area contributed by atoms with Crippen LogP contribution < -0.4 is 5.32 Å². The summed E-state index contributed by atoms with van der Waals surface area (Å²) in [7, 11) is -0.595. The van der Waals surface area contributed by atoms with Crippen molar-refractivity contribution in [2.45, 2.75) is 123 Å². The van der Waals surface area contributed by atoms with Gasteiger partial charge in [0.2, 0.25) is 0 Å². The summed E-state index contributed by atoms with van der Waals surface area (Å²) in [5, 5.41) is 4.20. The smallest absolute Gasteiger partial charge is 0.309 e. The normalized spacial score (nSPS) is 47.4. The largest absolute Gasteiger partial charge is 0.462 e. The van der Waals surface area contributed by atoms with Gasteiger partial charge in [-0.1, -0.05) is 41.0 Å². The van der Waals surface area contributed by atoms with Gasteiger partial charge in [-0.15, -0.1) is 0 Å². The monoisotopic (exact) mass is 642 g/mol. The van der Waals surface area contributed by atoms with E-state index < -0.39 is 10.8 Å². The molecule has 1 aliphatic heterocycles. The topological polar surface area (TPSA) is 75.7 Å². The fourth-order valence-electron chi connectivity index (χ4n) is 13.3. The molecule has 0 aromatic heterocycles. The predicted octanol–water partition coefficient (Wildman–Crippen LogP) is 6.24. The van der Waals surface area contributed by atoms with Gasteiger partial charge in [0.05, 0.1) is 5.92 Å². The van der Waals surface area contributed by atoms with Crippen LogP contribution in [0.3, 0.4) is 0 Å². The van der Waals surface area contributed by atoms with Gasteiger partial charge >= 0.3 is 5.97 Å². The Kier molecular flexibility index (Phi) is 8.71. The zero-order chi connectivity index (χ0) is 31.8. The minimum absolute atomic E-state index is 0.0195. The van der Waals surface area contributed by atoms with E-state index in [0.717, 1.165) is 80.0 Å². The van der Waals surface area contributed by atoms with Crippen LogP contribution >= 0.6 is 0 Å². The summed E-state index contributed by atoms with van der Waals surface area (Å²) < 4.78 is 18.2. The van der Waals surface area contributed by atoms with Gasteiger partial charge in [-0.3, -0.25) is 9.00 Å². The fourth-order valence-corrected chi connectivity index (χ4v) is 14.4. The third kappa shape index (κ3) is 5.34. The summed E-state index contributed by atoms with van der Waals surface area (Å²) in [5.41, 5.74) is 0.381. The summed E-state index contributed by atoms with van der Waals surface area (Å²) in [4.78, 5) is 27.4. The highest BCUT2D eigenvalue weighted by molar-refractivity contribution is 7.85. The molecule has 7 heteroatoms. The van der Waals surface area contributed by atoms with Crippen LogP contribution in [0.2, 0.25) is 0 Å². The molecule has 7 fully saturated rings. The Morgan fingerprint density at radius 2 is 1.60 bits per heavy atom. The molecule has 7 aliphatic rings. The SMILES string of the molecule is CC1(C)C(C=O)CC1C(=O)OC1CCC2(C)C3CCC4C(CCC5(NCCN6CCS(=O)CC6)CCCC45)C3CCC2C1(C)C. The molecule has 6 aliphatic carbocycles. The maximum absolute atomic E-state index is 13.4. The average molecular weight is 643 g/mol. The number of fused-ring (bicyclic) bond motifs is 7. The first-order valence-electron chi connectivity index (χ1n) is 18.9. The Balaban J connectivity index is 0.995. The minimum Gasteiger partial charge on any atom is -0.462 e. The van der Waals surface area contributed by atoms with Crippen molar-refractivity contribution >= 4 is 23.1 Å². The first kappa shape index (κ1) is 32.7. The standard InChI is InChI=1S/C38H62N2O4S/c1-35(2)25(24-41)23-31(35)34(42)44-33-13-15-37(5)29-10-8-28-26(27(29)9-11-32(37)36(33,3)4)12-16-38(14-6-7-30(28)38)39-17-18-40-19-21-45(43)22-20-40/h24-33,39H,6-23H2,1-5H3. The van der Waals surface area contributed by atoms with Gasteiger partial charge in [-0.05, 0) is 117 Å². The van der Waals surface area contributed by atoms with E-state index in [0.29, 0.717) is 23.3 Å². The third-order valence-corrected chi connectivity index (χ3v) is 17.3. The van der Waals surface area contributed by atoms with Crippen LogP contribution in [0.5, 0.6) is 0 Å². The van der Waals surface area contributed by atoms with Crippen molar-refractivity contribution in [1.82, 2.24) is 10.2 Å². The van der Waals surface area contributed by atoms with Crippen molar-refractivity contribution < 1.29 is 18.5 Å². The van der Waals surface area contributed by atoms with Crippen LogP contribution in [-0.2, 0) is 25.1 Å². The van der Waals surface area contributed by atoms with Crippen molar-refractivity contribution in [3.8, 4) is 0 Å². The molecule has 6 nitrogen and oxygen atoms in total. The van der Waals surface area contributed by atoms with Crippen LogP contribution in [0.15, 0.2) is 0 Å². The average Bonchev–Trinajstić information content (AvgIpc) is 3.43. The molecule has 0 bridgehead atoms. The predicted molar refractivity (Wildman–Crippen MR) is 180 cm³/mol. The van der Waals surface area contributed by atoms with E-state index in [1.54, 1.807) is 0 Å². The Morgan fingerprint density at radius 3 is 2.33 bits per heavy atom. The van der Waals surface area contributed by atoms with Crippen molar-refractivity contribution in [2.75, 3.05) is 37.7 Å². The summed E-state index contributed by atoms with van der Waals surface area (Å²) in [6, 6.07) is 0. The zero-order valence-corrected chi connectivity index (χ0v) is 29.8. The van der Waals surface area contributed by atoms with Crippen molar-refractivity contribution in [1.29, 1.82) is 0 Å². The lowest BCUT2D eigenvalue weighted by molar-refractivity contribution is -0.206. The van der Waals surface area contributed by atoms with Gasteiger partial charge in [-0.2, -0.15) is 0 Å². The maximum Gasteiger partial charge on any atom is 0.309 e. The third-order valence-electron chi connectivity index (χ3n) is 16.0. The molecule has 1 heterocycles. The van der Waals surface area contributed by atoms with Crippen molar-refractivity contribution in [3.05, 3.63) is 0 Å². The van der Waals surface area contributed by atoms with Gasteiger partial charge in [0, 0.05) is 65.4 Å². The zero-order valence-electron chi connectivity index (χ0n) is 29.0. The molecule has 11 unspecified atom stereocenters. The van der Waals surface area contributed by atoms with Gasteiger partial charge in [0.25, 0.3) is 0 Å². The first-order valence-corrected chi connectivity index (χ1v) is 20.4. The molecule has 0 spiro atoms. The van der Waals surface area contributed by atoms with E-state index in [1.165, 1.54) is 64.2 Å². The molecule has 0 radical (unpaired) electrons. The molecular weight excluding hydrogens is 580 g/mol. The first-order chi connectivity index (χ1) is 21.4. The molecule has 7 rings (SSSR count). The van der Waals surface area contributed by atoms with Crippen LogP contribution in [0.4, 0.5) is 0 Å². The highest BCUT2D eigenvalue weighted by Gasteiger charge is 2.63. The summed E-state index contributed by atoms with van der Waals surface area (Å²) in [6.07, 6.45) is 16.2. The second-order valence-corrected chi connectivity index (χ2v) is 20.0. The molecule has 0 aromatic rings. The second-order valence-electron chi connectivity index (χ2n) is 18.3. The van der Waals surface area contributed by atoms with E-state index >= 15 is 0 Å². The molecule has 0 amide bonds. The number of hydrogen-bond donors (Lipinski definition) is 1. The minimum atomic E-state index is -0.595. The van der Waals surface area contributed by atoms with Gasteiger partial charge in [0.15, 0.2) is 0 Å². The number of carbonyl (C=O) groups excluding carboxylic acids is 2.